The van der Waals surface area contributed by atoms with E-state index in [4.69, 9.17) is 10.5 Å². The Hall–Kier alpha value is -2.38. The summed E-state index contributed by atoms with van der Waals surface area (Å²) in [5.41, 5.74) is 5.94. The fourth-order valence-electron chi connectivity index (χ4n) is 2.90. The second kappa shape index (κ2) is 9.62. The molecule has 1 atom stereocenters. The molecule has 0 saturated carbocycles. The third-order valence-corrected chi connectivity index (χ3v) is 4.16. The minimum absolute atomic E-state index is 0.0594. The number of anilines is 2. The molecule has 1 aliphatic rings. The molecule has 0 unspecified atom stereocenters. The van der Waals surface area contributed by atoms with Gasteiger partial charge in [0.2, 0.25) is 5.91 Å². The van der Waals surface area contributed by atoms with Gasteiger partial charge in [-0.05, 0) is 24.3 Å². The van der Waals surface area contributed by atoms with Gasteiger partial charge in [-0.25, -0.2) is 0 Å². The number of hydrogen-bond acceptors (Lipinski definition) is 5. The van der Waals surface area contributed by atoms with E-state index in [1.54, 1.807) is 0 Å². The van der Waals surface area contributed by atoms with Crippen LogP contribution < -0.4 is 16.0 Å². The molecule has 0 aromatic heterocycles. The zero-order valence-electron chi connectivity index (χ0n) is 15.6. The Kier molecular flexibility index (Phi) is 7.66. The highest BCUT2D eigenvalue weighted by molar-refractivity contribution is 5.97. The van der Waals surface area contributed by atoms with Crippen molar-refractivity contribution in [3.63, 3.8) is 0 Å². The first-order valence-electron chi connectivity index (χ1n) is 8.76. The number of amides is 2. The highest BCUT2D eigenvalue weighted by Gasteiger charge is 2.41. The Labute approximate surface area is 167 Å². The van der Waals surface area contributed by atoms with Gasteiger partial charge in [-0.1, -0.05) is 0 Å². The van der Waals surface area contributed by atoms with E-state index in [0.29, 0.717) is 18.8 Å². The van der Waals surface area contributed by atoms with Gasteiger partial charge in [-0.2, -0.15) is 26.3 Å². The second-order valence-electron chi connectivity index (χ2n) is 6.52. The molecule has 1 saturated heterocycles. The molecule has 0 bridgehead atoms. The first-order valence-corrected chi connectivity index (χ1v) is 8.76. The average Bonchev–Trinajstić information content (AvgIpc) is 2.61. The Morgan fingerprint density at radius 3 is 2.17 bits per heavy atom. The predicted octanol–water partition coefficient (Wildman–Crippen LogP) is 1.74. The molecule has 1 aromatic rings. The topological polar surface area (TPSA) is 87.9 Å². The number of carbonyl (C=O) groups is 2. The summed E-state index contributed by atoms with van der Waals surface area (Å²) in [6.45, 7) is -4.05. The molecule has 0 spiro atoms. The van der Waals surface area contributed by atoms with E-state index < -0.39 is 43.9 Å². The molecule has 30 heavy (non-hydrogen) atoms. The zero-order chi connectivity index (χ0) is 22.5. The maximum Gasteiger partial charge on any atom is 0.401 e. The smallest absolute Gasteiger partial charge is 0.370 e. The normalized spacial score (nSPS) is 16.7. The number of nitrogens with two attached hydrogens (primary N) is 1. The van der Waals surface area contributed by atoms with Crippen molar-refractivity contribution in [1.82, 2.24) is 4.90 Å². The maximum absolute atomic E-state index is 12.7. The maximum atomic E-state index is 12.7. The van der Waals surface area contributed by atoms with Gasteiger partial charge >= 0.3 is 12.4 Å². The number of ether oxygens (including phenoxy) is 1. The highest BCUT2D eigenvalue weighted by Crippen LogP contribution is 2.24. The van der Waals surface area contributed by atoms with Crippen LogP contribution in [0, 0.1) is 0 Å². The summed E-state index contributed by atoms with van der Waals surface area (Å²) in [5.74, 6) is -1.38. The van der Waals surface area contributed by atoms with Gasteiger partial charge in [0, 0.05) is 24.5 Å². The van der Waals surface area contributed by atoms with Gasteiger partial charge < -0.3 is 20.7 Å². The van der Waals surface area contributed by atoms with Crippen LogP contribution in [0.1, 0.15) is 0 Å². The largest absolute Gasteiger partial charge is 0.401 e. The molecule has 0 aliphatic carbocycles. The van der Waals surface area contributed by atoms with E-state index in [2.05, 4.69) is 5.32 Å². The molecular weight excluding hydrogens is 422 g/mol. The minimum atomic E-state index is -4.95. The monoisotopic (exact) mass is 442 g/mol. The molecule has 13 heteroatoms. The molecule has 2 rings (SSSR count). The van der Waals surface area contributed by atoms with Crippen LogP contribution in [0.2, 0.25) is 0 Å². The Morgan fingerprint density at radius 2 is 1.70 bits per heavy atom. The van der Waals surface area contributed by atoms with Crippen LogP contribution >= 0.6 is 0 Å². The lowest BCUT2D eigenvalue weighted by atomic mass is 10.2. The first kappa shape index (κ1) is 23.9. The number of hydrogen-bond donors (Lipinski definition) is 2. The molecule has 3 N–H and O–H groups in total. The lowest BCUT2D eigenvalue weighted by Gasteiger charge is -2.31. The Balaban J connectivity index is 2.11. The van der Waals surface area contributed by atoms with Crippen molar-refractivity contribution in [2.45, 2.75) is 18.4 Å². The standard InChI is InChI=1S/C17H20F6N4O3/c18-16(19,20)9-26(10-17(21,22)23)13(7-24)15(29)25-11-1-3-12(4-2-11)27-5-6-30-8-14(27)28/h1-4,13H,5-10,24H2,(H,25,29)/t13-/m0/s1. The molecule has 1 aromatic carbocycles. The van der Waals surface area contributed by atoms with Gasteiger partial charge in [-0.15, -0.1) is 0 Å². The van der Waals surface area contributed by atoms with Crippen molar-refractivity contribution >= 4 is 23.2 Å². The molecule has 0 radical (unpaired) electrons. The van der Waals surface area contributed by atoms with Gasteiger partial charge in [0.25, 0.3) is 5.91 Å². The molecule has 2 amide bonds. The van der Waals surface area contributed by atoms with E-state index in [-0.39, 0.29) is 23.1 Å². The first-order chi connectivity index (χ1) is 13.9. The molecule has 1 fully saturated rings. The van der Waals surface area contributed by atoms with Crippen molar-refractivity contribution in [2.75, 3.05) is 49.6 Å². The predicted molar refractivity (Wildman–Crippen MR) is 94.8 cm³/mol. The number of morpholine rings is 1. The molecule has 1 aliphatic heterocycles. The number of carbonyl (C=O) groups excluding carboxylic acids is 2. The number of nitrogens with zero attached hydrogens (tertiary/aromatic N) is 2. The zero-order valence-corrected chi connectivity index (χ0v) is 15.6. The summed E-state index contributed by atoms with van der Waals surface area (Å²) >= 11 is 0. The third-order valence-electron chi connectivity index (χ3n) is 4.16. The number of nitrogens with one attached hydrogen (secondary N) is 1. The summed E-state index contributed by atoms with van der Waals surface area (Å²) in [6, 6.07) is 3.87. The van der Waals surface area contributed by atoms with E-state index in [1.165, 1.54) is 29.2 Å². The lowest BCUT2D eigenvalue weighted by molar-refractivity contribution is -0.186. The molecule has 1 heterocycles. The fourth-order valence-corrected chi connectivity index (χ4v) is 2.90. The van der Waals surface area contributed by atoms with Crippen LogP contribution in [0.5, 0.6) is 0 Å². The van der Waals surface area contributed by atoms with Gasteiger partial charge in [0.1, 0.15) is 12.6 Å². The average molecular weight is 442 g/mol. The Morgan fingerprint density at radius 1 is 1.13 bits per heavy atom. The highest BCUT2D eigenvalue weighted by atomic mass is 19.4. The van der Waals surface area contributed by atoms with Crippen LogP contribution in [-0.2, 0) is 14.3 Å². The van der Waals surface area contributed by atoms with Crippen molar-refractivity contribution < 1.29 is 40.7 Å². The summed E-state index contributed by atoms with van der Waals surface area (Å²) in [7, 11) is 0. The summed E-state index contributed by atoms with van der Waals surface area (Å²) in [6.07, 6.45) is -9.91. The van der Waals surface area contributed by atoms with Gasteiger partial charge in [0.05, 0.1) is 19.7 Å². The fraction of sp³-hybridized carbons (Fsp3) is 0.529. The van der Waals surface area contributed by atoms with Crippen molar-refractivity contribution in [3.05, 3.63) is 24.3 Å². The summed E-state index contributed by atoms with van der Waals surface area (Å²) in [5, 5.41) is 2.26. The third kappa shape index (κ3) is 7.15. The number of halogens is 6. The number of rotatable bonds is 7. The van der Waals surface area contributed by atoms with E-state index in [1.807, 2.05) is 0 Å². The van der Waals surface area contributed by atoms with Crippen LogP contribution in [0.4, 0.5) is 37.7 Å². The van der Waals surface area contributed by atoms with Gasteiger partial charge in [0.15, 0.2) is 0 Å². The molecule has 168 valence electrons. The van der Waals surface area contributed by atoms with E-state index >= 15 is 0 Å². The van der Waals surface area contributed by atoms with Gasteiger partial charge in [-0.3, -0.25) is 14.5 Å². The molecular formula is C17H20F6N4O3. The van der Waals surface area contributed by atoms with Crippen molar-refractivity contribution in [1.29, 1.82) is 0 Å². The van der Waals surface area contributed by atoms with Crippen molar-refractivity contribution in [3.8, 4) is 0 Å². The quantitative estimate of drug-likeness (QED) is 0.629. The summed E-state index contributed by atoms with van der Waals surface area (Å²) < 4.78 is 81.2. The van der Waals surface area contributed by atoms with E-state index in [0.717, 1.165) is 0 Å². The lowest BCUT2D eigenvalue weighted by Crippen LogP contribution is -2.54. The summed E-state index contributed by atoms with van der Waals surface area (Å²) in [4.78, 5) is 25.6. The Bertz CT molecular complexity index is 722. The SMILES string of the molecule is NC[C@@H](C(=O)Nc1ccc(N2CCOCC2=O)cc1)N(CC(F)(F)F)CC(F)(F)F. The number of alkyl halides is 6. The van der Waals surface area contributed by atoms with Crippen LogP contribution in [-0.4, -0.2) is 74.5 Å². The van der Waals surface area contributed by atoms with E-state index in [9.17, 15) is 35.9 Å². The van der Waals surface area contributed by atoms with Crippen LogP contribution in [0.3, 0.4) is 0 Å². The molecule has 7 nitrogen and oxygen atoms in total. The number of benzene rings is 1. The minimum Gasteiger partial charge on any atom is -0.370 e. The van der Waals surface area contributed by atoms with Crippen LogP contribution in [0.25, 0.3) is 0 Å². The second-order valence-corrected chi connectivity index (χ2v) is 6.52. The van der Waals surface area contributed by atoms with Crippen LogP contribution in [0.15, 0.2) is 24.3 Å². The van der Waals surface area contributed by atoms with Crippen molar-refractivity contribution in [2.24, 2.45) is 5.73 Å².